The van der Waals surface area contributed by atoms with Crippen molar-refractivity contribution in [3.05, 3.63) is 224 Å². The molecule has 0 N–H and O–H groups in total. The van der Waals surface area contributed by atoms with Crippen LogP contribution in [0.25, 0.3) is 98.4 Å². The Bertz CT molecular complexity index is 3450. The summed E-state index contributed by atoms with van der Waals surface area (Å²) < 4.78 is 6.47. The molecule has 0 saturated heterocycles. The third kappa shape index (κ3) is 5.57. The van der Waals surface area contributed by atoms with Gasteiger partial charge in [0.25, 0.3) is 0 Å². The van der Waals surface area contributed by atoms with E-state index in [1.165, 1.54) is 65.3 Å². The van der Waals surface area contributed by atoms with Crippen molar-refractivity contribution in [3.8, 4) is 33.4 Å². The molecule has 60 heavy (non-hydrogen) atoms. The van der Waals surface area contributed by atoms with Crippen LogP contribution in [0.15, 0.2) is 229 Å². The number of hydrogen-bond donors (Lipinski definition) is 0. The molecule has 0 aliphatic carbocycles. The molecule has 0 spiro atoms. The highest BCUT2D eigenvalue weighted by Gasteiger charge is 2.18. The number of nitrogens with zero attached hydrogens (tertiary/aromatic N) is 1. The molecule has 0 atom stereocenters. The third-order valence-corrected chi connectivity index (χ3v) is 12.2. The van der Waals surface area contributed by atoms with Crippen LogP contribution in [0.4, 0.5) is 17.1 Å². The van der Waals surface area contributed by atoms with Crippen molar-refractivity contribution < 1.29 is 4.42 Å². The van der Waals surface area contributed by atoms with Gasteiger partial charge in [-0.1, -0.05) is 170 Å². The predicted octanol–water partition coefficient (Wildman–Crippen LogP) is 16.7. The summed E-state index contributed by atoms with van der Waals surface area (Å²) in [5, 5.41) is 12.3. The number of para-hydroxylation sites is 2. The summed E-state index contributed by atoms with van der Waals surface area (Å²) in [5.41, 5.74) is 12.0. The SMILES string of the molecule is c1cc(-c2cc3ccccc3c3ccccc23)cc(N(c2ccc(-c3cccc4c3oc3ccccc34)cc2)c2cccc(-c3cc4ccccc4c4ccccc34)c2)c1. The summed E-state index contributed by atoms with van der Waals surface area (Å²) in [6, 6.07) is 81.3. The van der Waals surface area contributed by atoms with Gasteiger partial charge in [-0.2, -0.15) is 0 Å². The third-order valence-electron chi connectivity index (χ3n) is 12.2. The topological polar surface area (TPSA) is 16.4 Å². The minimum absolute atomic E-state index is 0.904. The van der Waals surface area contributed by atoms with Gasteiger partial charge in [-0.25, -0.2) is 0 Å². The highest BCUT2D eigenvalue weighted by atomic mass is 16.3. The molecule has 280 valence electrons. The molecule has 11 aromatic carbocycles. The molecule has 12 rings (SSSR count). The van der Waals surface area contributed by atoms with Crippen molar-refractivity contribution in [3.63, 3.8) is 0 Å². The highest BCUT2D eigenvalue weighted by molar-refractivity contribution is 6.15. The van der Waals surface area contributed by atoms with Crippen LogP contribution < -0.4 is 4.90 Å². The van der Waals surface area contributed by atoms with Crippen molar-refractivity contribution in [2.75, 3.05) is 4.90 Å². The first-order valence-corrected chi connectivity index (χ1v) is 20.6. The molecule has 12 aromatic rings. The van der Waals surface area contributed by atoms with Gasteiger partial charge in [-0.05, 0) is 126 Å². The average molecular weight is 764 g/mol. The fraction of sp³-hybridized carbons (Fsp3) is 0. The minimum atomic E-state index is 0.904. The van der Waals surface area contributed by atoms with Crippen LogP contribution in [0, 0.1) is 0 Å². The monoisotopic (exact) mass is 763 g/mol. The van der Waals surface area contributed by atoms with E-state index < -0.39 is 0 Å². The predicted molar refractivity (Wildman–Crippen MR) is 255 cm³/mol. The lowest BCUT2D eigenvalue weighted by Crippen LogP contribution is -2.10. The lowest BCUT2D eigenvalue weighted by Gasteiger charge is -2.27. The Balaban J connectivity index is 1.04. The number of hydrogen-bond acceptors (Lipinski definition) is 2. The molecule has 0 aliphatic rings. The second-order valence-electron chi connectivity index (χ2n) is 15.6. The molecule has 2 nitrogen and oxygen atoms in total. The van der Waals surface area contributed by atoms with E-state index in [1.54, 1.807) is 0 Å². The van der Waals surface area contributed by atoms with Gasteiger partial charge in [0.15, 0.2) is 0 Å². The minimum Gasteiger partial charge on any atom is -0.455 e. The van der Waals surface area contributed by atoms with Gasteiger partial charge in [0.05, 0.1) is 0 Å². The number of benzene rings is 11. The van der Waals surface area contributed by atoms with Crippen LogP contribution in [0.2, 0.25) is 0 Å². The van der Waals surface area contributed by atoms with Gasteiger partial charge in [0.2, 0.25) is 0 Å². The summed E-state index contributed by atoms with van der Waals surface area (Å²) in [4.78, 5) is 2.39. The van der Waals surface area contributed by atoms with E-state index in [-0.39, 0.29) is 0 Å². The van der Waals surface area contributed by atoms with E-state index in [0.29, 0.717) is 0 Å². The summed E-state index contributed by atoms with van der Waals surface area (Å²) >= 11 is 0. The summed E-state index contributed by atoms with van der Waals surface area (Å²) in [6.45, 7) is 0. The molecule has 0 amide bonds. The van der Waals surface area contributed by atoms with Crippen molar-refractivity contribution in [1.82, 2.24) is 0 Å². The first kappa shape index (κ1) is 34.1. The maximum atomic E-state index is 6.47. The number of rotatable bonds is 6. The molecule has 0 radical (unpaired) electrons. The zero-order valence-electron chi connectivity index (χ0n) is 32.7. The molecule has 0 aliphatic heterocycles. The maximum absolute atomic E-state index is 6.47. The van der Waals surface area contributed by atoms with Crippen LogP contribution in [0.3, 0.4) is 0 Å². The van der Waals surface area contributed by atoms with E-state index in [1.807, 2.05) is 12.1 Å². The van der Waals surface area contributed by atoms with Gasteiger partial charge in [-0.15, -0.1) is 0 Å². The van der Waals surface area contributed by atoms with Crippen LogP contribution in [0.5, 0.6) is 0 Å². The van der Waals surface area contributed by atoms with Gasteiger partial charge in [0, 0.05) is 33.4 Å². The van der Waals surface area contributed by atoms with E-state index in [4.69, 9.17) is 4.42 Å². The average Bonchev–Trinajstić information content (AvgIpc) is 3.71. The Morgan fingerprint density at radius 2 is 0.733 bits per heavy atom. The first-order chi connectivity index (χ1) is 29.7. The Morgan fingerprint density at radius 1 is 0.267 bits per heavy atom. The lowest BCUT2D eigenvalue weighted by atomic mass is 9.92. The molecule has 0 saturated carbocycles. The number of anilines is 3. The van der Waals surface area contributed by atoms with Crippen molar-refractivity contribution >= 4 is 82.1 Å². The van der Waals surface area contributed by atoms with Gasteiger partial charge in [0.1, 0.15) is 11.2 Å². The van der Waals surface area contributed by atoms with Gasteiger partial charge < -0.3 is 9.32 Å². The van der Waals surface area contributed by atoms with E-state index in [2.05, 4.69) is 217 Å². The Labute approximate surface area is 347 Å². The largest absolute Gasteiger partial charge is 0.455 e. The summed E-state index contributed by atoms with van der Waals surface area (Å²) in [5.74, 6) is 0. The number of furan rings is 1. The standard InChI is InChI=1S/C58H37NO/c1-3-20-46-41(14-1)36-55(51-24-7-5-22-49(46)51)39-16-11-18-44(34-39)59(43-32-30-38(31-33-43)48-27-13-28-54-53-26-9-10-29-57(53)60-58(48)54)45-19-12-17-40(35-45)56-37-42-15-2-4-21-47(42)50-23-6-8-25-52(50)56/h1-37H. The molecule has 0 unspecified atom stereocenters. The normalized spacial score (nSPS) is 11.7. The van der Waals surface area contributed by atoms with Crippen molar-refractivity contribution in [2.45, 2.75) is 0 Å². The molecule has 1 aromatic heterocycles. The molecular weight excluding hydrogens is 727 g/mol. The van der Waals surface area contributed by atoms with Gasteiger partial charge in [-0.3, -0.25) is 0 Å². The van der Waals surface area contributed by atoms with E-state index in [9.17, 15) is 0 Å². The van der Waals surface area contributed by atoms with Gasteiger partial charge >= 0.3 is 0 Å². The number of fused-ring (bicyclic) bond motifs is 9. The first-order valence-electron chi connectivity index (χ1n) is 20.6. The zero-order valence-corrected chi connectivity index (χ0v) is 32.7. The van der Waals surface area contributed by atoms with Crippen LogP contribution >= 0.6 is 0 Å². The van der Waals surface area contributed by atoms with Crippen LogP contribution in [-0.4, -0.2) is 0 Å². The van der Waals surface area contributed by atoms with E-state index >= 15 is 0 Å². The zero-order chi connectivity index (χ0) is 39.6. The second kappa shape index (κ2) is 13.9. The smallest absolute Gasteiger partial charge is 0.143 e. The molecule has 2 heteroatoms. The van der Waals surface area contributed by atoms with Crippen LogP contribution in [0.1, 0.15) is 0 Å². The second-order valence-corrected chi connectivity index (χ2v) is 15.6. The van der Waals surface area contributed by atoms with Crippen molar-refractivity contribution in [2.24, 2.45) is 0 Å². The molecule has 0 bridgehead atoms. The Kier molecular flexibility index (Phi) is 7.89. The Hall–Kier alpha value is -7.94. The molecular formula is C58H37NO. The molecule has 0 fully saturated rings. The highest BCUT2D eigenvalue weighted by Crippen LogP contribution is 2.43. The van der Waals surface area contributed by atoms with Crippen LogP contribution in [-0.2, 0) is 0 Å². The fourth-order valence-corrected chi connectivity index (χ4v) is 9.42. The fourth-order valence-electron chi connectivity index (χ4n) is 9.42. The van der Waals surface area contributed by atoms with E-state index in [0.717, 1.165) is 50.1 Å². The molecule has 1 heterocycles. The quantitative estimate of drug-likeness (QED) is 0.157. The lowest BCUT2D eigenvalue weighted by molar-refractivity contribution is 0.670. The summed E-state index contributed by atoms with van der Waals surface area (Å²) in [6.07, 6.45) is 0. The van der Waals surface area contributed by atoms with Crippen molar-refractivity contribution in [1.29, 1.82) is 0 Å². The Morgan fingerprint density at radius 3 is 1.32 bits per heavy atom. The summed E-state index contributed by atoms with van der Waals surface area (Å²) in [7, 11) is 0. The maximum Gasteiger partial charge on any atom is 0.143 e.